The molecule has 0 radical (unpaired) electrons. The Morgan fingerprint density at radius 1 is 1.26 bits per heavy atom. The third kappa shape index (κ3) is 3.09. The summed E-state index contributed by atoms with van der Waals surface area (Å²) in [7, 11) is 0. The normalized spacial score (nSPS) is 10.5. The van der Waals surface area contributed by atoms with Gasteiger partial charge in [0.05, 0.1) is 6.42 Å². The molecule has 0 atom stereocenters. The van der Waals surface area contributed by atoms with E-state index in [1.165, 1.54) is 0 Å². The van der Waals surface area contributed by atoms with E-state index >= 15 is 0 Å². The molecule has 0 aliphatic heterocycles. The number of aliphatic carboxylic acids is 1. The van der Waals surface area contributed by atoms with Crippen LogP contribution in [0.1, 0.15) is 17.0 Å². The van der Waals surface area contributed by atoms with Crippen LogP contribution in [-0.2, 0) is 11.2 Å². The number of carbonyl (C=O) groups is 1. The van der Waals surface area contributed by atoms with Gasteiger partial charge in [-0.3, -0.25) is 4.79 Å². The van der Waals surface area contributed by atoms with Gasteiger partial charge in [0.25, 0.3) is 0 Å². The molecule has 98 valence electrons. The average molecular weight is 277 g/mol. The van der Waals surface area contributed by atoms with Crippen LogP contribution in [0.2, 0.25) is 5.02 Å². The number of aryl methyl sites for hydroxylation is 2. The van der Waals surface area contributed by atoms with E-state index in [0.29, 0.717) is 27.8 Å². The Morgan fingerprint density at radius 3 is 2.42 bits per heavy atom. The van der Waals surface area contributed by atoms with Crippen LogP contribution in [0.3, 0.4) is 0 Å². The summed E-state index contributed by atoms with van der Waals surface area (Å²) in [5.74, 6) is -0.322. The number of hydrogen-bond donors (Lipinski definition) is 1. The van der Waals surface area contributed by atoms with Crippen LogP contribution < -0.4 is 0 Å². The second-order valence-electron chi connectivity index (χ2n) is 4.28. The number of carboxylic acid groups (broad SMARTS) is 1. The van der Waals surface area contributed by atoms with Gasteiger partial charge in [-0.2, -0.15) is 0 Å². The fourth-order valence-electron chi connectivity index (χ4n) is 1.90. The van der Waals surface area contributed by atoms with Crippen molar-refractivity contribution in [2.75, 3.05) is 0 Å². The van der Waals surface area contributed by atoms with Gasteiger partial charge < -0.3 is 5.11 Å². The Morgan fingerprint density at radius 2 is 1.89 bits per heavy atom. The molecule has 1 aromatic heterocycles. The average Bonchev–Trinajstić information content (AvgIpc) is 2.33. The van der Waals surface area contributed by atoms with Crippen molar-refractivity contribution in [1.29, 1.82) is 0 Å². The Hall–Kier alpha value is -1.94. The van der Waals surface area contributed by atoms with Crippen molar-refractivity contribution >= 4 is 17.6 Å². The van der Waals surface area contributed by atoms with Crippen molar-refractivity contribution < 1.29 is 9.90 Å². The molecule has 2 rings (SSSR count). The molecule has 5 heteroatoms. The Labute approximate surface area is 116 Å². The monoisotopic (exact) mass is 276 g/mol. The Kier molecular flexibility index (Phi) is 3.81. The number of nitrogens with zero attached hydrogens (tertiary/aromatic N) is 2. The maximum absolute atomic E-state index is 10.8. The van der Waals surface area contributed by atoms with Crippen LogP contribution in [0.25, 0.3) is 11.4 Å². The van der Waals surface area contributed by atoms with Gasteiger partial charge in [-0.1, -0.05) is 23.7 Å². The zero-order valence-corrected chi connectivity index (χ0v) is 11.4. The van der Waals surface area contributed by atoms with Crippen molar-refractivity contribution in [3.8, 4) is 11.4 Å². The molecule has 0 bridgehead atoms. The van der Waals surface area contributed by atoms with Gasteiger partial charge in [0, 0.05) is 27.5 Å². The highest BCUT2D eigenvalue weighted by Crippen LogP contribution is 2.22. The highest BCUT2D eigenvalue weighted by molar-refractivity contribution is 6.30. The highest BCUT2D eigenvalue weighted by Gasteiger charge is 2.12. The summed E-state index contributed by atoms with van der Waals surface area (Å²) in [4.78, 5) is 19.5. The molecular weight excluding hydrogens is 264 g/mol. The molecule has 1 aromatic carbocycles. The molecule has 19 heavy (non-hydrogen) atoms. The molecule has 0 unspecified atom stereocenters. The van der Waals surface area contributed by atoms with Crippen LogP contribution >= 0.6 is 11.6 Å². The zero-order chi connectivity index (χ0) is 14.0. The van der Waals surface area contributed by atoms with E-state index in [1.54, 1.807) is 26.0 Å². The first kappa shape index (κ1) is 13.5. The molecule has 0 saturated heterocycles. The van der Waals surface area contributed by atoms with E-state index in [2.05, 4.69) is 9.97 Å². The van der Waals surface area contributed by atoms with Gasteiger partial charge in [0.15, 0.2) is 5.82 Å². The Bertz CT molecular complexity index is 618. The van der Waals surface area contributed by atoms with Gasteiger partial charge >= 0.3 is 5.97 Å². The van der Waals surface area contributed by atoms with Crippen molar-refractivity contribution in [2.24, 2.45) is 0 Å². The topological polar surface area (TPSA) is 63.1 Å². The first-order valence-corrected chi connectivity index (χ1v) is 6.17. The molecule has 0 aliphatic carbocycles. The van der Waals surface area contributed by atoms with Crippen molar-refractivity contribution in [3.63, 3.8) is 0 Å². The van der Waals surface area contributed by atoms with E-state index in [0.717, 1.165) is 5.56 Å². The van der Waals surface area contributed by atoms with Gasteiger partial charge in [-0.25, -0.2) is 9.97 Å². The summed E-state index contributed by atoms with van der Waals surface area (Å²) < 4.78 is 0. The smallest absolute Gasteiger partial charge is 0.307 e. The highest BCUT2D eigenvalue weighted by atomic mass is 35.5. The molecule has 0 amide bonds. The lowest BCUT2D eigenvalue weighted by Crippen LogP contribution is -2.08. The third-order valence-electron chi connectivity index (χ3n) is 2.83. The fourth-order valence-corrected chi connectivity index (χ4v) is 2.09. The van der Waals surface area contributed by atoms with Crippen LogP contribution in [0.15, 0.2) is 24.3 Å². The summed E-state index contributed by atoms with van der Waals surface area (Å²) >= 11 is 5.94. The van der Waals surface area contributed by atoms with Gasteiger partial charge in [-0.05, 0) is 26.0 Å². The minimum Gasteiger partial charge on any atom is -0.481 e. The third-order valence-corrected chi connectivity index (χ3v) is 3.07. The van der Waals surface area contributed by atoms with E-state index in [9.17, 15) is 4.79 Å². The van der Waals surface area contributed by atoms with Crippen LogP contribution in [0.4, 0.5) is 0 Å². The SMILES string of the molecule is Cc1nc(-c2cccc(Cl)c2)nc(C)c1CC(=O)O. The number of benzene rings is 1. The quantitative estimate of drug-likeness (QED) is 0.936. The van der Waals surface area contributed by atoms with Crippen LogP contribution in [0.5, 0.6) is 0 Å². The molecule has 1 heterocycles. The number of aromatic nitrogens is 2. The van der Waals surface area contributed by atoms with Crippen molar-refractivity contribution in [3.05, 3.63) is 46.2 Å². The van der Waals surface area contributed by atoms with Crippen LogP contribution in [-0.4, -0.2) is 21.0 Å². The predicted molar refractivity (Wildman–Crippen MR) is 73.3 cm³/mol. The summed E-state index contributed by atoms with van der Waals surface area (Å²) in [6, 6.07) is 7.27. The van der Waals surface area contributed by atoms with Gasteiger partial charge in [0.2, 0.25) is 0 Å². The largest absolute Gasteiger partial charge is 0.481 e. The summed E-state index contributed by atoms with van der Waals surface area (Å²) in [5.41, 5.74) is 2.86. The minimum absolute atomic E-state index is 0.0620. The van der Waals surface area contributed by atoms with E-state index in [4.69, 9.17) is 16.7 Å². The summed E-state index contributed by atoms with van der Waals surface area (Å²) in [6.07, 6.45) is -0.0620. The number of rotatable bonds is 3. The fraction of sp³-hybridized carbons (Fsp3) is 0.214. The molecule has 0 spiro atoms. The molecular formula is C14H13ClN2O2. The molecule has 4 nitrogen and oxygen atoms in total. The van der Waals surface area contributed by atoms with E-state index < -0.39 is 5.97 Å². The van der Waals surface area contributed by atoms with Gasteiger partial charge in [-0.15, -0.1) is 0 Å². The van der Waals surface area contributed by atoms with Crippen molar-refractivity contribution in [1.82, 2.24) is 9.97 Å². The number of carboxylic acids is 1. The van der Waals surface area contributed by atoms with Crippen molar-refractivity contribution in [2.45, 2.75) is 20.3 Å². The van der Waals surface area contributed by atoms with Crippen LogP contribution in [0, 0.1) is 13.8 Å². The molecule has 0 aliphatic rings. The lowest BCUT2D eigenvalue weighted by Gasteiger charge is -2.09. The first-order chi connectivity index (χ1) is 8.97. The second kappa shape index (κ2) is 5.36. The molecule has 0 saturated carbocycles. The minimum atomic E-state index is -0.884. The lowest BCUT2D eigenvalue weighted by molar-refractivity contribution is -0.136. The molecule has 0 fully saturated rings. The zero-order valence-electron chi connectivity index (χ0n) is 10.6. The Balaban J connectivity index is 2.48. The first-order valence-electron chi connectivity index (χ1n) is 5.79. The molecule has 1 N–H and O–H groups in total. The maximum atomic E-state index is 10.8. The van der Waals surface area contributed by atoms with E-state index in [-0.39, 0.29) is 6.42 Å². The van der Waals surface area contributed by atoms with Gasteiger partial charge in [0.1, 0.15) is 0 Å². The maximum Gasteiger partial charge on any atom is 0.307 e. The predicted octanol–water partition coefficient (Wildman–Crippen LogP) is 3.04. The summed E-state index contributed by atoms with van der Waals surface area (Å²) in [6.45, 7) is 3.59. The standard InChI is InChI=1S/C14H13ClN2O2/c1-8-12(7-13(18)19)9(2)17-14(16-8)10-4-3-5-11(15)6-10/h3-6H,7H2,1-2H3,(H,18,19). The summed E-state index contributed by atoms with van der Waals surface area (Å²) in [5, 5.41) is 9.48. The lowest BCUT2D eigenvalue weighted by atomic mass is 10.1. The number of hydrogen-bond acceptors (Lipinski definition) is 3. The number of halogens is 1. The van der Waals surface area contributed by atoms with E-state index in [1.807, 2.05) is 12.1 Å². The second-order valence-corrected chi connectivity index (χ2v) is 4.71. The molecule has 2 aromatic rings.